The summed E-state index contributed by atoms with van der Waals surface area (Å²) in [6, 6.07) is 8.20. The summed E-state index contributed by atoms with van der Waals surface area (Å²) in [5.74, 6) is 0.638. The second-order valence-corrected chi connectivity index (χ2v) is 4.29. The Morgan fingerprint density at radius 3 is 2.61 bits per heavy atom. The Balaban J connectivity index is 2.05. The van der Waals surface area contributed by atoms with Crippen molar-refractivity contribution in [2.24, 2.45) is 5.10 Å². The van der Waals surface area contributed by atoms with Crippen molar-refractivity contribution in [1.29, 1.82) is 0 Å². The second-order valence-electron chi connectivity index (χ2n) is 3.45. The topological polar surface area (TPSA) is 57.5 Å². The maximum atomic E-state index is 9.12. The molecule has 0 saturated carbocycles. The van der Waals surface area contributed by atoms with E-state index in [2.05, 4.69) is 15.5 Å². The number of benzene rings is 1. The highest BCUT2D eigenvalue weighted by molar-refractivity contribution is 6.35. The summed E-state index contributed by atoms with van der Waals surface area (Å²) < 4.78 is 0. The van der Waals surface area contributed by atoms with Gasteiger partial charge in [-0.25, -0.2) is 4.98 Å². The summed E-state index contributed by atoms with van der Waals surface area (Å²) in [7, 11) is 0. The Morgan fingerprint density at radius 2 is 1.94 bits per heavy atom. The number of nitrogens with zero attached hydrogens (tertiary/aromatic N) is 2. The molecule has 1 aromatic heterocycles. The third kappa shape index (κ3) is 3.35. The Kier molecular flexibility index (Phi) is 4.02. The largest absolute Gasteiger partial charge is 0.508 e. The summed E-state index contributed by atoms with van der Waals surface area (Å²) >= 11 is 11.6. The highest BCUT2D eigenvalue weighted by Gasteiger charge is 2.00. The number of hydrogen-bond acceptors (Lipinski definition) is 4. The normalized spacial score (nSPS) is 10.8. The lowest BCUT2D eigenvalue weighted by atomic mass is 10.2. The van der Waals surface area contributed by atoms with Crippen LogP contribution in [0.5, 0.6) is 5.75 Å². The van der Waals surface area contributed by atoms with E-state index in [0.29, 0.717) is 15.9 Å². The van der Waals surface area contributed by atoms with Gasteiger partial charge in [-0.3, -0.25) is 5.43 Å². The van der Waals surface area contributed by atoms with E-state index in [0.717, 1.165) is 5.56 Å². The van der Waals surface area contributed by atoms with Crippen molar-refractivity contribution in [3.05, 3.63) is 52.1 Å². The van der Waals surface area contributed by atoms with Crippen LogP contribution in [0.25, 0.3) is 0 Å². The van der Waals surface area contributed by atoms with Gasteiger partial charge in [0.15, 0.2) is 5.82 Å². The molecule has 1 aromatic carbocycles. The number of hydrazone groups is 1. The molecule has 0 aliphatic carbocycles. The third-order valence-corrected chi connectivity index (χ3v) is 2.58. The fraction of sp³-hybridized carbons (Fsp3) is 0. The SMILES string of the molecule is Oc1ccc(/C=N\Nc2ncc(Cl)cc2Cl)cc1. The number of phenolic OH excluding ortho intramolecular Hbond substituents is 1. The van der Waals surface area contributed by atoms with Crippen LogP contribution in [0.2, 0.25) is 10.0 Å². The van der Waals surface area contributed by atoms with E-state index >= 15 is 0 Å². The van der Waals surface area contributed by atoms with Crippen molar-refractivity contribution in [2.75, 3.05) is 5.43 Å². The first-order valence-electron chi connectivity index (χ1n) is 5.04. The van der Waals surface area contributed by atoms with Crippen molar-refractivity contribution in [2.45, 2.75) is 0 Å². The third-order valence-electron chi connectivity index (χ3n) is 2.08. The van der Waals surface area contributed by atoms with Crippen LogP contribution < -0.4 is 5.43 Å². The Bertz CT molecular complexity index is 570. The lowest BCUT2D eigenvalue weighted by Crippen LogP contribution is -1.94. The molecule has 0 aliphatic rings. The molecule has 0 radical (unpaired) electrons. The molecule has 0 aliphatic heterocycles. The van der Waals surface area contributed by atoms with Gasteiger partial charge < -0.3 is 5.11 Å². The minimum atomic E-state index is 0.211. The van der Waals surface area contributed by atoms with Gasteiger partial charge in [0.05, 0.1) is 16.3 Å². The molecule has 4 nitrogen and oxygen atoms in total. The molecule has 2 aromatic rings. The van der Waals surface area contributed by atoms with Crippen LogP contribution in [0, 0.1) is 0 Å². The molecule has 1 heterocycles. The maximum Gasteiger partial charge on any atom is 0.165 e. The van der Waals surface area contributed by atoms with Crippen molar-refractivity contribution in [3.63, 3.8) is 0 Å². The van der Waals surface area contributed by atoms with Crippen LogP contribution in [-0.4, -0.2) is 16.3 Å². The fourth-order valence-corrected chi connectivity index (χ4v) is 1.65. The van der Waals surface area contributed by atoms with E-state index in [1.807, 2.05) is 0 Å². The van der Waals surface area contributed by atoms with Crippen LogP contribution in [0.4, 0.5) is 5.82 Å². The Morgan fingerprint density at radius 1 is 1.22 bits per heavy atom. The van der Waals surface area contributed by atoms with Gasteiger partial charge in [0.1, 0.15) is 5.75 Å². The maximum absolute atomic E-state index is 9.12. The molecular weight excluding hydrogens is 273 g/mol. The zero-order valence-electron chi connectivity index (χ0n) is 9.14. The van der Waals surface area contributed by atoms with Crippen LogP contribution in [-0.2, 0) is 0 Å². The lowest BCUT2D eigenvalue weighted by Gasteiger charge is -2.01. The zero-order valence-corrected chi connectivity index (χ0v) is 10.7. The molecule has 0 unspecified atom stereocenters. The second kappa shape index (κ2) is 5.71. The molecule has 0 saturated heterocycles. The van der Waals surface area contributed by atoms with Crippen molar-refractivity contribution in [1.82, 2.24) is 4.98 Å². The molecule has 0 bridgehead atoms. The molecule has 0 amide bonds. The number of hydrogen-bond donors (Lipinski definition) is 2. The van der Waals surface area contributed by atoms with Crippen molar-refractivity contribution >= 4 is 35.2 Å². The van der Waals surface area contributed by atoms with Gasteiger partial charge in [-0.05, 0) is 35.9 Å². The van der Waals surface area contributed by atoms with E-state index in [4.69, 9.17) is 28.3 Å². The summed E-state index contributed by atoms with van der Waals surface area (Å²) in [6.07, 6.45) is 3.07. The van der Waals surface area contributed by atoms with Crippen molar-refractivity contribution in [3.8, 4) is 5.75 Å². The fourth-order valence-electron chi connectivity index (χ4n) is 1.23. The first kappa shape index (κ1) is 12.7. The van der Waals surface area contributed by atoms with E-state index < -0.39 is 0 Å². The van der Waals surface area contributed by atoms with Crippen LogP contribution >= 0.6 is 23.2 Å². The molecule has 2 rings (SSSR count). The van der Waals surface area contributed by atoms with Crippen LogP contribution in [0.15, 0.2) is 41.6 Å². The minimum Gasteiger partial charge on any atom is -0.508 e. The molecule has 2 N–H and O–H groups in total. The molecule has 0 spiro atoms. The van der Waals surface area contributed by atoms with Gasteiger partial charge in [-0.2, -0.15) is 5.10 Å². The summed E-state index contributed by atoms with van der Waals surface area (Å²) in [5, 5.41) is 14.0. The van der Waals surface area contributed by atoms with E-state index in [1.165, 1.54) is 6.20 Å². The number of aromatic hydroxyl groups is 1. The number of nitrogens with one attached hydrogen (secondary N) is 1. The summed E-state index contributed by atoms with van der Waals surface area (Å²) in [4.78, 5) is 3.99. The number of phenols is 1. The monoisotopic (exact) mass is 281 g/mol. The smallest absolute Gasteiger partial charge is 0.165 e. The van der Waals surface area contributed by atoms with E-state index in [1.54, 1.807) is 36.5 Å². The number of aromatic nitrogens is 1. The first-order chi connectivity index (χ1) is 8.65. The predicted molar refractivity (Wildman–Crippen MR) is 73.6 cm³/mol. The molecular formula is C12H9Cl2N3O. The first-order valence-corrected chi connectivity index (χ1v) is 5.80. The summed E-state index contributed by atoms with van der Waals surface area (Å²) in [5.41, 5.74) is 3.55. The predicted octanol–water partition coefficient (Wildman–Crippen LogP) is 3.54. The Labute approximate surface area is 114 Å². The summed E-state index contributed by atoms with van der Waals surface area (Å²) in [6.45, 7) is 0. The number of anilines is 1. The highest BCUT2D eigenvalue weighted by atomic mass is 35.5. The molecule has 18 heavy (non-hydrogen) atoms. The van der Waals surface area contributed by atoms with Crippen LogP contribution in [0.3, 0.4) is 0 Å². The highest BCUT2D eigenvalue weighted by Crippen LogP contribution is 2.22. The lowest BCUT2D eigenvalue weighted by molar-refractivity contribution is 0.475. The van der Waals surface area contributed by atoms with Gasteiger partial charge in [-0.15, -0.1) is 0 Å². The quantitative estimate of drug-likeness (QED) is 0.668. The van der Waals surface area contributed by atoms with Gasteiger partial charge in [0, 0.05) is 6.20 Å². The number of pyridine rings is 1. The van der Waals surface area contributed by atoms with Gasteiger partial charge in [0.25, 0.3) is 0 Å². The van der Waals surface area contributed by atoms with E-state index in [-0.39, 0.29) is 5.75 Å². The van der Waals surface area contributed by atoms with Crippen LogP contribution in [0.1, 0.15) is 5.56 Å². The number of rotatable bonds is 3. The van der Waals surface area contributed by atoms with Gasteiger partial charge >= 0.3 is 0 Å². The number of halogens is 2. The van der Waals surface area contributed by atoms with Gasteiger partial charge in [-0.1, -0.05) is 23.2 Å². The van der Waals surface area contributed by atoms with Crippen molar-refractivity contribution < 1.29 is 5.11 Å². The average molecular weight is 282 g/mol. The standard InChI is InChI=1S/C12H9Cl2N3O/c13-9-5-11(14)12(15-7-9)17-16-6-8-1-3-10(18)4-2-8/h1-7,18H,(H,15,17)/b16-6-. The minimum absolute atomic E-state index is 0.211. The molecule has 0 fully saturated rings. The molecule has 0 atom stereocenters. The molecule has 92 valence electrons. The van der Waals surface area contributed by atoms with Gasteiger partial charge in [0.2, 0.25) is 0 Å². The average Bonchev–Trinajstić information content (AvgIpc) is 2.34. The Hall–Kier alpha value is -1.78. The zero-order chi connectivity index (χ0) is 13.0. The van der Waals surface area contributed by atoms with E-state index in [9.17, 15) is 0 Å². The molecule has 6 heteroatoms.